The van der Waals surface area contributed by atoms with E-state index in [0.717, 1.165) is 26.9 Å². The summed E-state index contributed by atoms with van der Waals surface area (Å²) < 4.78 is 8.67. The fourth-order valence-corrected chi connectivity index (χ4v) is 3.09. The fourth-order valence-electron chi connectivity index (χ4n) is 2.35. The van der Waals surface area contributed by atoms with Crippen LogP contribution in [0.5, 0.6) is 0 Å². The number of fused-ring (bicyclic) bond motifs is 1. The molecule has 0 aliphatic heterocycles. The minimum absolute atomic E-state index is 0.144. The summed E-state index contributed by atoms with van der Waals surface area (Å²) in [4.78, 5) is 0. The van der Waals surface area contributed by atoms with Gasteiger partial charge in [-0.1, -0.05) is 23.7 Å². The van der Waals surface area contributed by atoms with Crippen LogP contribution in [0.3, 0.4) is 0 Å². The summed E-state index contributed by atoms with van der Waals surface area (Å²) in [5.41, 5.74) is 1.71. The van der Waals surface area contributed by atoms with Crippen molar-refractivity contribution in [3.05, 3.63) is 51.4 Å². The number of rotatable bonds is 3. The Labute approximate surface area is 129 Å². The minimum atomic E-state index is -0.144. The highest BCUT2D eigenvalue weighted by molar-refractivity contribution is 9.10. The molecule has 3 rings (SSSR count). The maximum atomic E-state index is 6.22. The molecule has 3 aromatic rings. The van der Waals surface area contributed by atoms with Gasteiger partial charge in [-0.05, 0) is 35.1 Å². The first-order chi connectivity index (χ1) is 9.61. The number of halogens is 2. The van der Waals surface area contributed by atoms with E-state index in [1.54, 1.807) is 10.9 Å². The molecule has 0 bridgehead atoms. The lowest BCUT2D eigenvalue weighted by Gasteiger charge is -2.14. The average molecular weight is 355 g/mol. The van der Waals surface area contributed by atoms with E-state index in [4.69, 9.17) is 16.0 Å². The zero-order valence-electron chi connectivity index (χ0n) is 11.0. The van der Waals surface area contributed by atoms with Crippen LogP contribution >= 0.6 is 27.5 Å². The molecule has 20 heavy (non-hydrogen) atoms. The summed E-state index contributed by atoms with van der Waals surface area (Å²) in [5.74, 6) is 0.805. The van der Waals surface area contributed by atoms with Crippen LogP contribution < -0.4 is 5.32 Å². The van der Waals surface area contributed by atoms with Crippen molar-refractivity contribution in [2.75, 3.05) is 7.05 Å². The number of para-hydroxylation sites is 1. The van der Waals surface area contributed by atoms with E-state index in [1.165, 1.54) is 0 Å². The quantitative estimate of drug-likeness (QED) is 0.776. The molecule has 2 aromatic heterocycles. The van der Waals surface area contributed by atoms with Crippen LogP contribution in [-0.4, -0.2) is 16.8 Å². The lowest BCUT2D eigenvalue weighted by molar-refractivity contribution is 0.472. The van der Waals surface area contributed by atoms with Crippen molar-refractivity contribution in [2.45, 2.75) is 6.04 Å². The van der Waals surface area contributed by atoms with E-state index in [2.05, 4.69) is 26.3 Å². The molecule has 0 aliphatic carbocycles. The van der Waals surface area contributed by atoms with E-state index >= 15 is 0 Å². The molecule has 104 valence electrons. The van der Waals surface area contributed by atoms with Crippen molar-refractivity contribution in [1.82, 2.24) is 15.1 Å². The van der Waals surface area contributed by atoms with Gasteiger partial charge in [-0.15, -0.1) is 0 Å². The van der Waals surface area contributed by atoms with Crippen molar-refractivity contribution in [3.8, 4) is 0 Å². The summed E-state index contributed by atoms with van der Waals surface area (Å²) in [5, 5.41) is 9.07. The van der Waals surface area contributed by atoms with Crippen LogP contribution in [0.2, 0.25) is 5.02 Å². The summed E-state index contributed by atoms with van der Waals surface area (Å²) in [7, 11) is 3.74. The summed E-state index contributed by atoms with van der Waals surface area (Å²) in [6, 6.07) is 7.84. The smallest absolute Gasteiger partial charge is 0.148 e. The van der Waals surface area contributed by atoms with Gasteiger partial charge >= 0.3 is 0 Å². The number of aromatic nitrogens is 2. The number of furan rings is 1. The maximum absolute atomic E-state index is 6.22. The molecule has 1 atom stereocenters. The van der Waals surface area contributed by atoms with Gasteiger partial charge in [0.2, 0.25) is 0 Å². The minimum Gasteiger partial charge on any atom is -0.458 e. The molecule has 1 aromatic carbocycles. The highest BCUT2D eigenvalue weighted by Crippen LogP contribution is 2.33. The summed E-state index contributed by atoms with van der Waals surface area (Å²) >= 11 is 9.73. The fraction of sp³-hybridized carbons (Fsp3) is 0.214. The molecule has 6 heteroatoms. The molecule has 0 saturated heterocycles. The Morgan fingerprint density at radius 2 is 2.25 bits per heavy atom. The lowest BCUT2D eigenvalue weighted by Crippen LogP contribution is -2.20. The standard InChI is InChI=1S/C14H13BrClN3O/c1-17-12(13-10(16)7-18-19(13)2)11-6-8-4-3-5-9(15)14(8)20-11/h3-7,12,17H,1-2H3. The Morgan fingerprint density at radius 1 is 1.45 bits per heavy atom. The van der Waals surface area contributed by atoms with Gasteiger partial charge < -0.3 is 9.73 Å². The molecule has 0 aliphatic rings. The third kappa shape index (κ3) is 2.16. The third-order valence-corrected chi connectivity index (χ3v) is 4.22. The van der Waals surface area contributed by atoms with Crippen molar-refractivity contribution in [1.29, 1.82) is 0 Å². The van der Waals surface area contributed by atoms with E-state index < -0.39 is 0 Å². The zero-order valence-corrected chi connectivity index (χ0v) is 13.4. The van der Waals surface area contributed by atoms with Gasteiger partial charge in [0.15, 0.2) is 0 Å². The first kappa shape index (κ1) is 13.7. The molecular formula is C14H13BrClN3O. The van der Waals surface area contributed by atoms with Gasteiger partial charge in [0.1, 0.15) is 17.4 Å². The van der Waals surface area contributed by atoms with Gasteiger partial charge in [-0.25, -0.2) is 0 Å². The Morgan fingerprint density at radius 3 is 2.85 bits per heavy atom. The largest absolute Gasteiger partial charge is 0.458 e. The normalized spacial score (nSPS) is 13.0. The van der Waals surface area contributed by atoms with E-state index in [9.17, 15) is 0 Å². The monoisotopic (exact) mass is 353 g/mol. The lowest BCUT2D eigenvalue weighted by atomic mass is 10.1. The third-order valence-electron chi connectivity index (χ3n) is 3.30. The maximum Gasteiger partial charge on any atom is 0.148 e. The number of hydrogen-bond acceptors (Lipinski definition) is 3. The van der Waals surface area contributed by atoms with E-state index in [1.807, 2.05) is 38.4 Å². The van der Waals surface area contributed by atoms with E-state index in [0.29, 0.717) is 5.02 Å². The number of nitrogens with one attached hydrogen (secondary N) is 1. The molecule has 0 saturated carbocycles. The van der Waals surface area contributed by atoms with Gasteiger partial charge in [-0.3, -0.25) is 4.68 Å². The Kier molecular flexibility index (Phi) is 3.58. The topological polar surface area (TPSA) is 43.0 Å². The van der Waals surface area contributed by atoms with Gasteiger partial charge in [-0.2, -0.15) is 5.10 Å². The van der Waals surface area contributed by atoms with E-state index in [-0.39, 0.29) is 6.04 Å². The molecular weight excluding hydrogens is 342 g/mol. The van der Waals surface area contributed by atoms with Gasteiger partial charge in [0.05, 0.1) is 21.4 Å². The number of hydrogen-bond donors (Lipinski definition) is 1. The second-order valence-corrected chi connectivity index (χ2v) is 5.79. The molecule has 0 spiro atoms. The zero-order chi connectivity index (χ0) is 14.3. The predicted molar refractivity (Wildman–Crippen MR) is 83.0 cm³/mol. The first-order valence-electron chi connectivity index (χ1n) is 6.14. The second-order valence-electron chi connectivity index (χ2n) is 4.53. The highest BCUT2D eigenvalue weighted by Gasteiger charge is 2.23. The van der Waals surface area contributed by atoms with Crippen LogP contribution in [-0.2, 0) is 7.05 Å². The highest BCUT2D eigenvalue weighted by atomic mass is 79.9. The van der Waals surface area contributed by atoms with Crippen LogP contribution in [0.4, 0.5) is 0 Å². The number of benzene rings is 1. The number of nitrogens with zero attached hydrogens (tertiary/aromatic N) is 2. The Bertz CT molecular complexity index is 745. The molecule has 4 nitrogen and oxygen atoms in total. The predicted octanol–water partition coefficient (Wildman–Crippen LogP) is 3.89. The molecule has 0 fully saturated rings. The molecule has 0 radical (unpaired) electrons. The molecule has 1 N–H and O–H groups in total. The van der Waals surface area contributed by atoms with Crippen LogP contribution in [0.25, 0.3) is 11.0 Å². The van der Waals surface area contributed by atoms with Crippen molar-refractivity contribution < 1.29 is 4.42 Å². The van der Waals surface area contributed by atoms with Gasteiger partial charge in [0, 0.05) is 12.4 Å². The SMILES string of the molecule is CNC(c1cc2cccc(Br)c2o1)c1c(Cl)cnn1C. The van der Waals surface area contributed by atoms with Gasteiger partial charge in [0.25, 0.3) is 0 Å². The molecule has 0 amide bonds. The second kappa shape index (κ2) is 5.24. The molecule has 1 unspecified atom stereocenters. The van der Waals surface area contributed by atoms with Crippen LogP contribution in [0.1, 0.15) is 17.5 Å². The van der Waals surface area contributed by atoms with Crippen LogP contribution in [0, 0.1) is 0 Å². The number of aryl methyl sites for hydroxylation is 1. The summed E-state index contributed by atoms with van der Waals surface area (Å²) in [6.45, 7) is 0. The molecule has 2 heterocycles. The first-order valence-corrected chi connectivity index (χ1v) is 7.31. The van der Waals surface area contributed by atoms with Crippen molar-refractivity contribution in [3.63, 3.8) is 0 Å². The van der Waals surface area contributed by atoms with Crippen LogP contribution in [0.15, 0.2) is 39.4 Å². The van der Waals surface area contributed by atoms with Crippen molar-refractivity contribution >= 4 is 38.5 Å². The average Bonchev–Trinajstić information content (AvgIpc) is 2.99. The Balaban J connectivity index is 2.15. The Hall–Kier alpha value is -1.30. The van der Waals surface area contributed by atoms with Crippen molar-refractivity contribution in [2.24, 2.45) is 7.05 Å². The summed E-state index contributed by atoms with van der Waals surface area (Å²) in [6.07, 6.45) is 1.64.